The van der Waals surface area contributed by atoms with Crippen LogP contribution in [0.2, 0.25) is 10.0 Å². The molecule has 0 aliphatic carbocycles. The lowest BCUT2D eigenvalue weighted by atomic mass is 10.3. The third kappa shape index (κ3) is 3.49. The highest BCUT2D eigenvalue weighted by molar-refractivity contribution is 7.89. The van der Waals surface area contributed by atoms with Gasteiger partial charge in [0, 0.05) is 6.54 Å². The first-order valence-electron chi connectivity index (χ1n) is 4.99. The molecular weight excluding hydrogens is 301 g/mol. The summed E-state index contributed by atoms with van der Waals surface area (Å²) in [6, 6.07) is 2.65. The van der Waals surface area contributed by atoms with E-state index in [2.05, 4.69) is 4.72 Å². The van der Waals surface area contributed by atoms with Crippen molar-refractivity contribution in [1.82, 2.24) is 4.72 Å². The van der Waals surface area contributed by atoms with E-state index in [1.807, 2.05) is 0 Å². The van der Waals surface area contributed by atoms with Gasteiger partial charge in [0.25, 0.3) is 0 Å². The largest absolute Gasteiger partial charge is 0.494 e. The molecule has 0 radical (unpaired) electrons. The van der Waals surface area contributed by atoms with E-state index in [0.29, 0.717) is 0 Å². The molecule has 0 aromatic heterocycles. The quantitative estimate of drug-likeness (QED) is 0.867. The minimum atomic E-state index is -3.82. The Morgan fingerprint density at radius 2 is 2.06 bits per heavy atom. The lowest BCUT2D eigenvalue weighted by molar-refractivity contribution is 0.198. The van der Waals surface area contributed by atoms with Gasteiger partial charge in [-0.05, 0) is 19.1 Å². The van der Waals surface area contributed by atoms with Crippen LogP contribution in [0.4, 0.5) is 0 Å². The second-order valence-corrected chi connectivity index (χ2v) is 6.11. The zero-order chi connectivity index (χ0) is 13.9. The zero-order valence-corrected chi connectivity index (χ0v) is 12.1. The number of hydrogen-bond acceptors (Lipinski definition) is 4. The SMILES string of the molecule is COc1c(S(=O)(=O)NCC(C)O)ccc(Cl)c1Cl. The van der Waals surface area contributed by atoms with E-state index < -0.39 is 16.1 Å². The maximum atomic E-state index is 12.0. The first-order valence-corrected chi connectivity index (χ1v) is 7.23. The average molecular weight is 314 g/mol. The molecule has 1 rings (SSSR count). The van der Waals surface area contributed by atoms with Crippen molar-refractivity contribution in [2.45, 2.75) is 17.9 Å². The molecule has 2 N–H and O–H groups in total. The molecule has 0 fully saturated rings. The van der Waals surface area contributed by atoms with E-state index in [4.69, 9.17) is 33.0 Å². The van der Waals surface area contributed by atoms with Crippen LogP contribution in [0.1, 0.15) is 6.92 Å². The molecule has 1 atom stereocenters. The Bertz CT molecular complexity index is 531. The minimum Gasteiger partial charge on any atom is -0.494 e. The van der Waals surface area contributed by atoms with Crippen molar-refractivity contribution in [3.63, 3.8) is 0 Å². The molecule has 0 saturated heterocycles. The lowest BCUT2D eigenvalue weighted by Crippen LogP contribution is -2.30. The number of sulfonamides is 1. The van der Waals surface area contributed by atoms with Crippen LogP contribution in [-0.2, 0) is 10.0 Å². The number of methoxy groups -OCH3 is 1. The van der Waals surface area contributed by atoms with Gasteiger partial charge in [-0.1, -0.05) is 23.2 Å². The van der Waals surface area contributed by atoms with Gasteiger partial charge in [-0.3, -0.25) is 0 Å². The van der Waals surface area contributed by atoms with Crippen LogP contribution in [0.5, 0.6) is 5.75 Å². The van der Waals surface area contributed by atoms with E-state index in [0.717, 1.165) is 0 Å². The molecule has 0 aliphatic heterocycles. The van der Waals surface area contributed by atoms with Gasteiger partial charge >= 0.3 is 0 Å². The molecule has 0 amide bonds. The van der Waals surface area contributed by atoms with Crippen LogP contribution in [0.15, 0.2) is 17.0 Å². The maximum absolute atomic E-state index is 12.0. The monoisotopic (exact) mass is 313 g/mol. The Labute approximate surface area is 116 Å². The summed E-state index contributed by atoms with van der Waals surface area (Å²) in [6.45, 7) is 1.36. The van der Waals surface area contributed by atoms with Crippen molar-refractivity contribution in [2.24, 2.45) is 0 Å². The summed E-state index contributed by atoms with van der Waals surface area (Å²) >= 11 is 11.6. The number of ether oxygens (including phenoxy) is 1. The summed E-state index contributed by atoms with van der Waals surface area (Å²) in [7, 11) is -2.52. The summed E-state index contributed by atoms with van der Waals surface area (Å²) < 4.78 is 31.1. The number of aliphatic hydroxyl groups is 1. The number of benzene rings is 1. The van der Waals surface area contributed by atoms with Crippen molar-refractivity contribution in [1.29, 1.82) is 0 Å². The number of aliphatic hydroxyl groups excluding tert-OH is 1. The molecule has 18 heavy (non-hydrogen) atoms. The number of nitrogens with one attached hydrogen (secondary N) is 1. The van der Waals surface area contributed by atoms with Crippen molar-refractivity contribution < 1.29 is 18.3 Å². The van der Waals surface area contributed by atoms with E-state index in [9.17, 15) is 8.42 Å². The van der Waals surface area contributed by atoms with E-state index >= 15 is 0 Å². The van der Waals surface area contributed by atoms with Gasteiger partial charge in [-0.2, -0.15) is 0 Å². The van der Waals surface area contributed by atoms with E-state index in [1.54, 1.807) is 0 Å². The van der Waals surface area contributed by atoms with Crippen LogP contribution >= 0.6 is 23.2 Å². The first-order chi connectivity index (χ1) is 8.29. The molecule has 1 unspecified atom stereocenters. The van der Waals surface area contributed by atoms with Crippen molar-refractivity contribution in [3.8, 4) is 5.75 Å². The molecular formula is C10H13Cl2NO4S. The van der Waals surface area contributed by atoms with Crippen LogP contribution in [-0.4, -0.2) is 33.3 Å². The standard InChI is InChI=1S/C10H13Cl2NO4S/c1-6(14)5-13-18(15,16)8-4-3-7(11)9(12)10(8)17-2/h3-4,6,13-14H,5H2,1-2H3. The highest BCUT2D eigenvalue weighted by Gasteiger charge is 2.23. The molecule has 0 spiro atoms. The lowest BCUT2D eigenvalue weighted by Gasteiger charge is -2.13. The molecule has 0 heterocycles. The van der Waals surface area contributed by atoms with Gasteiger partial charge in [-0.25, -0.2) is 13.1 Å². The number of halogens is 2. The fourth-order valence-corrected chi connectivity index (χ4v) is 2.96. The second-order valence-electron chi connectivity index (χ2n) is 3.59. The topological polar surface area (TPSA) is 75.6 Å². The van der Waals surface area contributed by atoms with E-state index in [-0.39, 0.29) is 27.2 Å². The molecule has 1 aromatic carbocycles. The predicted octanol–water partition coefficient (Wildman–Crippen LogP) is 1.66. The second kappa shape index (κ2) is 6.08. The third-order valence-corrected chi connectivity index (χ3v) is 4.31. The maximum Gasteiger partial charge on any atom is 0.244 e. The molecule has 102 valence electrons. The fraction of sp³-hybridized carbons (Fsp3) is 0.400. The number of hydrogen-bond donors (Lipinski definition) is 2. The average Bonchev–Trinajstić information content (AvgIpc) is 2.29. The Balaban J connectivity index is 3.20. The van der Waals surface area contributed by atoms with E-state index in [1.165, 1.54) is 26.2 Å². The molecule has 5 nitrogen and oxygen atoms in total. The van der Waals surface area contributed by atoms with Crippen LogP contribution in [0.25, 0.3) is 0 Å². The third-order valence-electron chi connectivity index (χ3n) is 2.08. The predicted molar refractivity (Wildman–Crippen MR) is 69.9 cm³/mol. The highest BCUT2D eigenvalue weighted by atomic mass is 35.5. The summed E-state index contributed by atoms with van der Waals surface area (Å²) in [5, 5.41) is 9.31. The van der Waals surface area contributed by atoms with Crippen LogP contribution in [0.3, 0.4) is 0 Å². The first kappa shape index (κ1) is 15.5. The Kier molecular flexibility index (Phi) is 5.24. The Hall–Kier alpha value is -0.530. The summed E-state index contributed by atoms with van der Waals surface area (Å²) in [5.74, 6) is -0.0257. The summed E-state index contributed by atoms with van der Waals surface area (Å²) in [6.07, 6.45) is -0.798. The molecule has 0 saturated carbocycles. The van der Waals surface area contributed by atoms with Crippen LogP contribution < -0.4 is 9.46 Å². The summed E-state index contributed by atoms with van der Waals surface area (Å²) in [4.78, 5) is -0.125. The number of rotatable bonds is 5. The van der Waals surface area contributed by atoms with Gasteiger partial charge in [0.1, 0.15) is 9.92 Å². The van der Waals surface area contributed by atoms with Crippen molar-refractivity contribution >= 4 is 33.2 Å². The summed E-state index contributed by atoms with van der Waals surface area (Å²) in [5.41, 5.74) is 0. The highest BCUT2D eigenvalue weighted by Crippen LogP contribution is 2.37. The normalized spacial score (nSPS) is 13.4. The Morgan fingerprint density at radius 1 is 1.44 bits per heavy atom. The minimum absolute atomic E-state index is 0.0257. The van der Waals surface area contributed by atoms with Crippen molar-refractivity contribution in [3.05, 3.63) is 22.2 Å². The van der Waals surface area contributed by atoms with Crippen molar-refractivity contribution in [2.75, 3.05) is 13.7 Å². The van der Waals surface area contributed by atoms with Crippen LogP contribution in [0, 0.1) is 0 Å². The smallest absolute Gasteiger partial charge is 0.244 e. The van der Waals surface area contributed by atoms with Gasteiger partial charge in [0.2, 0.25) is 10.0 Å². The van der Waals surface area contributed by atoms with Gasteiger partial charge in [0.15, 0.2) is 5.75 Å². The van der Waals surface area contributed by atoms with Gasteiger partial charge in [-0.15, -0.1) is 0 Å². The molecule has 0 aliphatic rings. The molecule has 1 aromatic rings. The fourth-order valence-electron chi connectivity index (χ4n) is 1.22. The Morgan fingerprint density at radius 3 is 2.56 bits per heavy atom. The van der Waals surface area contributed by atoms with Gasteiger partial charge < -0.3 is 9.84 Å². The van der Waals surface area contributed by atoms with Gasteiger partial charge in [0.05, 0.1) is 18.2 Å². The zero-order valence-electron chi connectivity index (χ0n) is 9.78. The molecule has 0 bridgehead atoms. The molecule has 8 heteroatoms.